The molecule has 0 rings (SSSR count). The Kier molecular flexibility index (Phi) is 4.08. The molecule has 0 aromatic heterocycles. The Morgan fingerprint density at radius 3 is 2.00 bits per heavy atom. The van der Waals surface area contributed by atoms with Gasteiger partial charge in [0.1, 0.15) is 0 Å². The molecule has 0 aromatic carbocycles. The summed E-state index contributed by atoms with van der Waals surface area (Å²) in [5, 5.41) is 0. The van der Waals surface area contributed by atoms with Crippen molar-refractivity contribution in [3.8, 4) is 0 Å². The molecule has 0 aliphatic rings. The lowest BCUT2D eigenvalue weighted by Crippen LogP contribution is -2.09. The number of nitrogens with zero attached hydrogens (tertiary/aromatic N) is 1. The fourth-order valence-electron chi connectivity index (χ4n) is 0.735. The molecule has 60 valence electrons. The summed E-state index contributed by atoms with van der Waals surface area (Å²) in [5.74, 6) is 0.782. The number of ether oxygens (including phenoxy) is 1. The molecule has 2 nitrogen and oxygen atoms in total. The van der Waals surface area contributed by atoms with Gasteiger partial charge in [-0.1, -0.05) is 0 Å². The molecule has 0 fully saturated rings. The molecular weight excluding hydrogens is 126 g/mol. The summed E-state index contributed by atoms with van der Waals surface area (Å²) in [7, 11) is 0. The molecule has 0 saturated carbocycles. The zero-order valence-electron chi connectivity index (χ0n) is 7.51. The van der Waals surface area contributed by atoms with Crippen molar-refractivity contribution in [1.82, 2.24) is 0 Å². The lowest BCUT2D eigenvalue weighted by atomic mass is 10.4. The topological polar surface area (TPSA) is 21.6 Å². The summed E-state index contributed by atoms with van der Waals surface area (Å²) in [5.41, 5.74) is 0. The van der Waals surface area contributed by atoms with Crippen molar-refractivity contribution in [2.75, 3.05) is 0 Å². The molecule has 0 atom stereocenters. The first-order chi connectivity index (χ1) is 4.52. The number of rotatable bonds is 2. The largest absolute Gasteiger partial charge is 0.479 e. The molecule has 0 saturated heterocycles. The van der Waals surface area contributed by atoms with Crippen LogP contribution in [0.15, 0.2) is 4.99 Å². The maximum Gasteiger partial charge on any atom is 0.180 e. The molecule has 10 heavy (non-hydrogen) atoms. The highest BCUT2D eigenvalue weighted by molar-refractivity contribution is 5.73. The molecule has 0 aliphatic heterocycles. The van der Waals surface area contributed by atoms with Crippen molar-refractivity contribution < 1.29 is 4.74 Å². The van der Waals surface area contributed by atoms with Crippen LogP contribution in [0.2, 0.25) is 0 Å². The van der Waals surface area contributed by atoms with E-state index < -0.39 is 0 Å². The summed E-state index contributed by atoms with van der Waals surface area (Å²) in [6, 6.07) is 0.332. The molecule has 2 heteroatoms. The molecule has 0 radical (unpaired) electrons. The van der Waals surface area contributed by atoms with Gasteiger partial charge in [0.05, 0.1) is 6.10 Å². The minimum atomic E-state index is 0.238. The van der Waals surface area contributed by atoms with Gasteiger partial charge in [-0.3, -0.25) is 4.99 Å². The molecule has 0 heterocycles. The lowest BCUT2D eigenvalue weighted by Gasteiger charge is -2.09. The normalized spacial score (nSPS) is 12.9. The highest BCUT2D eigenvalue weighted by atomic mass is 16.5. The van der Waals surface area contributed by atoms with Crippen molar-refractivity contribution in [1.29, 1.82) is 0 Å². The van der Waals surface area contributed by atoms with Gasteiger partial charge in [-0.25, -0.2) is 0 Å². The molecule has 0 N–H and O–H groups in total. The maximum absolute atomic E-state index is 5.31. The van der Waals surface area contributed by atoms with Crippen LogP contribution in [0.25, 0.3) is 0 Å². The monoisotopic (exact) mass is 143 g/mol. The van der Waals surface area contributed by atoms with Gasteiger partial charge in [-0.2, -0.15) is 0 Å². The van der Waals surface area contributed by atoms with Gasteiger partial charge in [-0.05, 0) is 27.7 Å². The van der Waals surface area contributed by atoms with Crippen molar-refractivity contribution in [2.45, 2.75) is 46.8 Å². The van der Waals surface area contributed by atoms with E-state index in [1.165, 1.54) is 0 Å². The predicted molar refractivity (Wildman–Crippen MR) is 44.5 cm³/mol. The van der Waals surface area contributed by atoms with E-state index in [1.807, 2.05) is 34.6 Å². The van der Waals surface area contributed by atoms with E-state index in [2.05, 4.69) is 4.99 Å². The van der Waals surface area contributed by atoms with Crippen molar-refractivity contribution >= 4 is 5.90 Å². The zero-order chi connectivity index (χ0) is 8.15. The molecule has 0 amide bonds. The fraction of sp³-hybridized carbons (Fsp3) is 0.875. The number of hydrogen-bond acceptors (Lipinski definition) is 2. The van der Waals surface area contributed by atoms with Crippen LogP contribution < -0.4 is 0 Å². The third kappa shape index (κ3) is 5.60. The van der Waals surface area contributed by atoms with Gasteiger partial charge >= 0.3 is 0 Å². The van der Waals surface area contributed by atoms with Gasteiger partial charge in [0.25, 0.3) is 0 Å². The molecule has 0 spiro atoms. The third-order valence-electron chi connectivity index (χ3n) is 0.846. The summed E-state index contributed by atoms with van der Waals surface area (Å²) in [6.45, 7) is 9.96. The first-order valence-electron chi connectivity index (χ1n) is 3.73. The van der Waals surface area contributed by atoms with Crippen LogP contribution >= 0.6 is 0 Å². The van der Waals surface area contributed by atoms with Crippen LogP contribution in [-0.4, -0.2) is 18.0 Å². The second kappa shape index (κ2) is 4.31. The smallest absolute Gasteiger partial charge is 0.180 e. The first kappa shape index (κ1) is 9.47. The fourth-order valence-corrected chi connectivity index (χ4v) is 0.735. The Morgan fingerprint density at radius 2 is 1.70 bits per heavy atom. The minimum absolute atomic E-state index is 0.238. The molecule has 0 unspecified atom stereocenters. The number of aliphatic imine (C=N–C) groups is 1. The average Bonchev–Trinajstić information content (AvgIpc) is 1.58. The van der Waals surface area contributed by atoms with Gasteiger partial charge in [0.15, 0.2) is 5.90 Å². The summed E-state index contributed by atoms with van der Waals surface area (Å²) in [4.78, 5) is 4.21. The van der Waals surface area contributed by atoms with E-state index >= 15 is 0 Å². The third-order valence-corrected chi connectivity index (χ3v) is 0.846. The number of hydrogen-bond donors (Lipinski definition) is 0. The molecule has 0 aliphatic carbocycles. The van der Waals surface area contributed by atoms with Crippen LogP contribution in [0.1, 0.15) is 34.6 Å². The van der Waals surface area contributed by atoms with Crippen LogP contribution in [0.3, 0.4) is 0 Å². The van der Waals surface area contributed by atoms with E-state index in [1.54, 1.807) is 0 Å². The van der Waals surface area contributed by atoms with E-state index in [-0.39, 0.29) is 6.10 Å². The van der Waals surface area contributed by atoms with Gasteiger partial charge < -0.3 is 4.74 Å². The Balaban J connectivity index is 3.71. The van der Waals surface area contributed by atoms with Crippen molar-refractivity contribution in [3.63, 3.8) is 0 Å². The summed E-state index contributed by atoms with van der Waals surface area (Å²) >= 11 is 0. The zero-order valence-corrected chi connectivity index (χ0v) is 7.51. The maximum atomic E-state index is 5.31. The first-order valence-corrected chi connectivity index (χ1v) is 3.73. The second-order valence-corrected chi connectivity index (χ2v) is 2.91. The van der Waals surface area contributed by atoms with Crippen molar-refractivity contribution in [2.24, 2.45) is 4.99 Å². The van der Waals surface area contributed by atoms with Gasteiger partial charge in [0.2, 0.25) is 0 Å². The van der Waals surface area contributed by atoms with Gasteiger partial charge in [-0.15, -0.1) is 0 Å². The lowest BCUT2D eigenvalue weighted by molar-refractivity contribution is 0.225. The van der Waals surface area contributed by atoms with E-state index in [9.17, 15) is 0 Å². The van der Waals surface area contributed by atoms with Crippen molar-refractivity contribution in [3.05, 3.63) is 0 Å². The second-order valence-electron chi connectivity index (χ2n) is 2.91. The van der Waals surface area contributed by atoms with E-state index in [0.29, 0.717) is 6.04 Å². The van der Waals surface area contributed by atoms with Crippen LogP contribution in [0, 0.1) is 0 Å². The quantitative estimate of drug-likeness (QED) is 0.429. The Morgan fingerprint density at radius 1 is 1.20 bits per heavy atom. The Bertz CT molecular complexity index is 116. The SMILES string of the molecule is CC(=NC(C)C)OC(C)C. The van der Waals surface area contributed by atoms with E-state index in [4.69, 9.17) is 4.74 Å². The standard InChI is InChI=1S/C8H17NO/c1-6(2)9-8(5)10-7(3)4/h6-7H,1-5H3. The molecule has 0 aromatic rings. The van der Waals surface area contributed by atoms with Gasteiger partial charge in [0, 0.05) is 13.0 Å². The minimum Gasteiger partial charge on any atom is -0.479 e. The molecular formula is C8H17NO. The van der Waals surface area contributed by atoms with Crippen LogP contribution in [0.5, 0.6) is 0 Å². The highest BCUT2D eigenvalue weighted by Gasteiger charge is 1.96. The summed E-state index contributed by atoms with van der Waals surface area (Å²) < 4.78 is 5.31. The van der Waals surface area contributed by atoms with Crippen LogP contribution in [0.4, 0.5) is 0 Å². The predicted octanol–water partition coefficient (Wildman–Crippen LogP) is 2.24. The van der Waals surface area contributed by atoms with Crippen LogP contribution in [-0.2, 0) is 4.74 Å². The summed E-state index contributed by atoms with van der Waals surface area (Å²) in [6.07, 6.45) is 0.238. The highest BCUT2D eigenvalue weighted by Crippen LogP contribution is 1.94. The molecule has 0 bridgehead atoms. The van der Waals surface area contributed by atoms with E-state index in [0.717, 1.165) is 5.90 Å². The average molecular weight is 143 g/mol. The Hall–Kier alpha value is -0.530. The Labute approximate surface area is 63.3 Å².